The zero-order chi connectivity index (χ0) is 8.60. The van der Waals surface area contributed by atoms with Crippen LogP contribution in [0.25, 0.3) is 0 Å². The molecule has 0 atom stereocenters. The van der Waals surface area contributed by atoms with Crippen molar-refractivity contribution in [1.82, 2.24) is 4.98 Å². The van der Waals surface area contributed by atoms with Gasteiger partial charge in [0.25, 0.3) is 0 Å². The van der Waals surface area contributed by atoms with Crippen molar-refractivity contribution in [3.63, 3.8) is 0 Å². The molecule has 1 aromatic heterocycles. The summed E-state index contributed by atoms with van der Waals surface area (Å²) in [5.74, 6) is 2.80. The van der Waals surface area contributed by atoms with Gasteiger partial charge in [-0.15, -0.1) is 6.42 Å². The molecule has 12 heavy (non-hydrogen) atoms. The van der Waals surface area contributed by atoms with E-state index < -0.39 is 0 Å². The zero-order valence-electron chi connectivity index (χ0n) is 6.55. The van der Waals surface area contributed by atoms with Gasteiger partial charge in [-0.1, -0.05) is 17.5 Å². The number of pyridine rings is 1. The number of hydrogen-bond acceptors (Lipinski definition) is 1. The van der Waals surface area contributed by atoms with Crippen LogP contribution in [0.1, 0.15) is 18.4 Å². The Hall–Kier alpha value is -1.00. The lowest BCUT2D eigenvalue weighted by molar-refractivity contribution is 0.925. The first kappa shape index (κ1) is 7.64. The Morgan fingerprint density at radius 1 is 1.58 bits per heavy atom. The lowest BCUT2D eigenvalue weighted by Gasteiger charge is -2.08. The van der Waals surface area contributed by atoms with E-state index in [0.29, 0.717) is 5.02 Å². The minimum absolute atomic E-state index is 0.0694. The molecule has 1 nitrogen and oxygen atoms in total. The van der Waals surface area contributed by atoms with E-state index in [2.05, 4.69) is 10.9 Å². The Morgan fingerprint density at radius 3 is 2.83 bits per heavy atom. The van der Waals surface area contributed by atoms with Gasteiger partial charge in [-0.05, 0) is 24.5 Å². The minimum atomic E-state index is -0.0694. The number of aromatic nitrogens is 1. The first-order chi connectivity index (χ1) is 5.78. The van der Waals surface area contributed by atoms with Gasteiger partial charge in [0.1, 0.15) is 0 Å². The predicted octanol–water partition coefficient (Wildman–Crippen LogP) is 2.40. The maximum atomic E-state index is 5.97. The van der Waals surface area contributed by atoms with Gasteiger partial charge in [0, 0.05) is 12.4 Å². The van der Waals surface area contributed by atoms with Gasteiger partial charge in [0.15, 0.2) is 0 Å². The van der Waals surface area contributed by atoms with Crippen molar-refractivity contribution in [2.24, 2.45) is 0 Å². The molecule has 2 rings (SSSR count). The van der Waals surface area contributed by atoms with Gasteiger partial charge in [-0.3, -0.25) is 4.98 Å². The molecule has 0 aliphatic heterocycles. The molecule has 1 fully saturated rings. The number of halogens is 1. The first-order valence-corrected chi connectivity index (χ1v) is 4.24. The number of terminal acetylenes is 1. The van der Waals surface area contributed by atoms with Crippen LogP contribution in [-0.2, 0) is 5.41 Å². The Bertz CT molecular complexity index is 347. The Balaban J connectivity index is 2.48. The highest BCUT2D eigenvalue weighted by atomic mass is 35.5. The van der Waals surface area contributed by atoms with Crippen molar-refractivity contribution < 1.29 is 0 Å². The van der Waals surface area contributed by atoms with Crippen molar-refractivity contribution in [2.45, 2.75) is 18.3 Å². The van der Waals surface area contributed by atoms with E-state index in [1.54, 1.807) is 12.4 Å². The van der Waals surface area contributed by atoms with E-state index in [1.165, 1.54) is 0 Å². The normalized spacial score (nSPS) is 18.3. The van der Waals surface area contributed by atoms with Crippen molar-refractivity contribution in [1.29, 1.82) is 0 Å². The largest absolute Gasteiger partial charge is 0.263 e. The summed E-state index contributed by atoms with van der Waals surface area (Å²) in [6.07, 6.45) is 10.9. The molecule has 1 aliphatic rings. The fourth-order valence-electron chi connectivity index (χ4n) is 1.38. The van der Waals surface area contributed by atoms with Crippen LogP contribution < -0.4 is 0 Å². The van der Waals surface area contributed by atoms with Gasteiger partial charge in [0.05, 0.1) is 10.4 Å². The molecular formula is C10H8ClN. The SMILES string of the molecule is C#CC1(c2ccncc2Cl)CC1. The summed E-state index contributed by atoms with van der Waals surface area (Å²) in [5, 5.41) is 0.688. The highest BCUT2D eigenvalue weighted by Gasteiger charge is 2.43. The molecule has 1 saturated carbocycles. The van der Waals surface area contributed by atoms with Crippen molar-refractivity contribution in [3.8, 4) is 12.3 Å². The molecule has 0 unspecified atom stereocenters. The molecule has 0 radical (unpaired) electrons. The van der Waals surface area contributed by atoms with E-state index in [-0.39, 0.29) is 5.41 Å². The fraction of sp³-hybridized carbons (Fsp3) is 0.300. The molecule has 2 heteroatoms. The van der Waals surface area contributed by atoms with Crippen LogP contribution in [0.5, 0.6) is 0 Å². The second-order valence-electron chi connectivity index (χ2n) is 3.08. The van der Waals surface area contributed by atoms with Gasteiger partial charge < -0.3 is 0 Å². The van der Waals surface area contributed by atoms with Crippen LogP contribution in [0.15, 0.2) is 18.5 Å². The minimum Gasteiger partial charge on any atom is -0.263 e. The first-order valence-electron chi connectivity index (χ1n) is 3.86. The van der Waals surface area contributed by atoms with Gasteiger partial charge >= 0.3 is 0 Å². The third kappa shape index (κ3) is 1.00. The van der Waals surface area contributed by atoms with E-state index in [9.17, 15) is 0 Å². The monoisotopic (exact) mass is 177 g/mol. The van der Waals surface area contributed by atoms with E-state index in [4.69, 9.17) is 18.0 Å². The van der Waals surface area contributed by atoms with Crippen LogP contribution >= 0.6 is 11.6 Å². The zero-order valence-corrected chi connectivity index (χ0v) is 7.30. The Kier molecular flexibility index (Phi) is 1.59. The Morgan fingerprint density at radius 2 is 2.33 bits per heavy atom. The summed E-state index contributed by atoms with van der Waals surface area (Å²) in [6.45, 7) is 0. The third-order valence-electron chi connectivity index (χ3n) is 2.31. The second-order valence-corrected chi connectivity index (χ2v) is 3.49. The quantitative estimate of drug-likeness (QED) is 0.601. The van der Waals surface area contributed by atoms with E-state index in [0.717, 1.165) is 18.4 Å². The summed E-state index contributed by atoms with van der Waals surface area (Å²) in [6, 6.07) is 1.91. The summed E-state index contributed by atoms with van der Waals surface area (Å²) >= 11 is 5.97. The second kappa shape index (κ2) is 2.50. The number of nitrogens with zero attached hydrogens (tertiary/aromatic N) is 1. The van der Waals surface area contributed by atoms with Crippen molar-refractivity contribution in [2.75, 3.05) is 0 Å². The van der Waals surface area contributed by atoms with E-state index >= 15 is 0 Å². The topological polar surface area (TPSA) is 12.9 Å². The average molecular weight is 178 g/mol. The lowest BCUT2D eigenvalue weighted by Crippen LogP contribution is -2.03. The maximum absolute atomic E-state index is 5.97. The third-order valence-corrected chi connectivity index (χ3v) is 2.62. The Labute approximate surface area is 76.8 Å². The summed E-state index contributed by atoms with van der Waals surface area (Å²) < 4.78 is 0. The highest BCUT2D eigenvalue weighted by Crippen LogP contribution is 2.49. The standard InChI is InChI=1S/C10H8ClN/c1-2-10(4-5-10)8-3-6-12-7-9(8)11/h1,3,6-7H,4-5H2. The van der Waals surface area contributed by atoms with Gasteiger partial charge in [-0.25, -0.2) is 0 Å². The number of rotatable bonds is 1. The summed E-state index contributed by atoms with van der Waals surface area (Å²) in [4.78, 5) is 3.92. The molecule has 1 aromatic rings. The highest BCUT2D eigenvalue weighted by molar-refractivity contribution is 6.31. The molecular weight excluding hydrogens is 170 g/mol. The van der Waals surface area contributed by atoms with Crippen molar-refractivity contribution >= 4 is 11.6 Å². The molecule has 0 aromatic carbocycles. The lowest BCUT2D eigenvalue weighted by atomic mass is 9.98. The van der Waals surface area contributed by atoms with E-state index in [1.807, 2.05) is 6.07 Å². The molecule has 1 aliphatic carbocycles. The van der Waals surface area contributed by atoms with Crippen LogP contribution in [0.3, 0.4) is 0 Å². The molecule has 0 amide bonds. The molecule has 0 spiro atoms. The maximum Gasteiger partial charge on any atom is 0.0636 e. The van der Waals surface area contributed by atoms with Gasteiger partial charge in [-0.2, -0.15) is 0 Å². The fourth-order valence-corrected chi connectivity index (χ4v) is 1.68. The van der Waals surface area contributed by atoms with Crippen LogP contribution in [0, 0.1) is 12.3 Å². The van der Waals surface area contributed by atoms with Crippen molar-refractivity contribution in [3.05, 3.63) is 29.0 Å². The molecule has 1 heterocycles. The molecule has 0 bridgehead atoms. The van der Waals surface area contributed by atoms with Crippen LogP contribution in [0.4, 0.5) is 0 Å². The number of hydrogen-bond donors (Lipinski definition) is 0. The summed E-state index contributed by atoms with van der Waals surface area (Å²) in [5.41, 5.74) is 0.988. The smallest absolute Gasteiger partial charge is 0.0636 e. The predicted molar refractivity (Wildman–Crippen MR) is 49.0 cm³/mol. The molecule has 0 N–H and O–H groups in total. The summed E-state index contributed by atoms with van der Waals surface area (Å²) in [7, 11) is 0. The van der Waals surface area contributed by atoms with Crippen LogP contribution in [0.2, 0.25) is 5.02 Å². The van der Waals surface area contributed by atoms with Gasteiger partial charge in [0.2, 0.25) is 0 Å². The molecule has 60 valence electrons. The average Bonchev–Trinajstić information content (AvgIpc) is 2.86. The molecule has 0 saturated heterocycles. The van der Waals surface area contributed by atoms with Crippen LogP contribution in [-0.4, -0.2) is 4.98 Å².